The standard InChI is InChI=1S/C13H15Cl2NO3S/c1-9-4-2-3-5-16(9)13(17)10-6-11(14)8-12(7-10)20(15,18)19/h6-9H,2-5H2,1H3. The molecule has 1 heterocycles. The molecule has 1 fully saturated rings. The van der Waals surface area contributed by atoms with E-state index in [0.717, 1.165) is 19.3 Å². The molecule has 110 valence electrons. The third-order valence-electron chi connectivity index (χ3n) is 3.46. The molecule has 1 amide bonds. The fourth-order valence-electron chi connectivity index (χ4n) is 2.39. The van der Waals surface area contributed by atoms with E-state index < -0.39 is 9.05 Å². The Labute approximate surface area is 128 Å². The first kappa shape index (κ1) is 15.6. The van der Waals surface area contributed by atoms with E-state index in [1.54, 1.807) is 4.90 Å². The molecule has 0 aliphatic carbocycles. The fraction of sp³-hybridized carbons (Fsp3) is 0.462. The van der Waals surface area contributed by atoms with Crippen LogP contribution in [0, 0.1) is 0 Å². The van der Waals surface area contributed by atoms with E-state index in [0.29, 0.717) is 6.54 Å². The number of carbonyl (C=O) groups is 1. The van der Waals surface area contributed by atoms with Crippen molar-refractivity contribution >= 4 is 37.2 Å². The van der Waals surface area contributed by atoms with Gasteiger partial charge in [-0.05, 0) is 44.4 Å². The third kappa shape index (κ3) is 3.45. The number of hydrogen-bond acceptors (Lipinski definition) is 3. The number of halogens is 2. The minimum absolute atomic E-state index is 0.145. The summed E-state index contributed by atoms with van der Waals surface area (Å²) in [7, 11) is 1.40. The number of nitrogens with zero attached hydrogens (tertiary/aromatic N) is 1. The number of likely N-dealkylation sites (tertiary alicyclic amines) is 1. The maximum atomic E-state index is 12.5. The van der Waals surface area contributed by atoms with Crippen LogP contribution in [-0.2, 0) is 9.05 Å². The summed E-state index contributed by atoms with van der Waals surface area (Å²) < 4.78 is 22.8. The first-order valence-corrected chi connectivity index (χ1v) is 9.04. The zero-order valence-corrected chi connectivity index (χ0v) is 13.3. The predicted octanol–water partition coefficient (Wildman–Crippen LogP) is 3.28. The first-order chi connectivity index (χ1) is 9.29. The monoisotopic (exact) mass is 335 g/mol. The Bertz CT molecular complexity index is 631. The second-order valence-corrected chi connectivity index (χ2v) is 7.96. The SMILES string of the molecule is CC1CCCCN1C(=O)c1cc(Cl)cc(S(=O)(=O)Cl)c1. The van der Waals surface area contributed by atoms with Crippen LogP contribution >= 0.6 is 22.3 Å². The molecule has 0 saturated carbocycles. The van der Waals surface area contributed by atoms with E-state index in [4.69, 9.17) is 22.3 Å². The van der Waals surface area contributed by atoms with Gasteiger partial charge in [0.15, 0.2) is 0 Å². The van der Waals surface area contributed by atoms with Crippen molar-refractivity contribution in [3.05, 3.63) is 28.8 Å². The van der Waals surface area contributed by atoms with Crippen molar-refractivity contribution in [1.82, 2.24) is 4.90 Å². The number of benzene rings is 1. The van der Waals surface area contributed by atoms with Gasteiger partial charge in [0.05, 0.1) is 4.90 Å². The summed E-state index contributed by atoms with van der Waals surface area (Å²) in [6.07, 6.45) is 3.01. The molecule has 1 atom stereocenters. The second kappa shape index (κ2) is 5.92. The van der Waals surface area contributed by atoms with Gasteiger partial charge in [0.25, 0.3) is 15.0 Å². The van der Waals surface area contributed by atoms with Crippen LogP contribution in [0.2, 0.25) is 5.02 Å². The van der Waals surface area contributed by atoms with Gasteiger partial charge >= 0.3 is 0 Å². The smallest absolute Gasteiger partial charge is 0.261 e. The van der Waals surface area contributed by atoms with Gasteiger partial charge in [-0.25, -0.2) is 8.42 Å². The highest BCUT2D eigenvalue weighted by Gasteiger charge is 2.25. The number of amides is 1. The lowest BCUT2D eigenvalue weighted by Gasteiger charge is -2.33. The summed E-state index contributed by atoms with van der Waals surface area (Å²) in [5.74, 6) is -0.207. The van der Waals surface area contributed by atoms with Crippen LogP contribution < -0.4 is 0 Å². The Morgan fingerprint density at radius 3 is 2.60 bits per heavy atom. The number of piperidine rings is 1. The molecule has 4 nitrogen and oxygen atoms in total. The third-order valence-corrected chi connectivity index (χ3v) is 5.02. The van der Waals surface area contributed by atoms with Crippen LogP contribution in [0.4, 0.5) is 0 Å². The average molecular weight is 336 g/mol. The largest absolute Gasteiger partial charge is 0.336 e. The summed E-state index contributed by atoms with van der Waals surface area (Å²) in [4.78, 5) is 14.1. The van der Waals surface area contributed by atoms with Gasteiger partial charge in [-0.2, -0.15) is 0 Å². The van der Waals surface area contributed by atoms with Crippen LogP contribution in [0.3, 0.4) is 0 Å². The molecule has 2 rings (SSSR count). The molecule has 1 aromatic carbocycles. The van der Waals surface area contributed by atoms with Gasteiger partial charge in [0.1, 0.15) is 0 Å². The van der Waals surface area contributed by atoms with Gasteiger partial charge in [0.2, 0.25) is 0 Å². The van der Waals surface area contributed by atoms with Crippen LogP contribution in [0.25, 0.3) is 0 Å². The highest BCUT2D eigenvalue weighted by atomic mass is 35.7. The first-order valence-electron chi connectivity index (χ1n) is 6.35. The molecule has 0 radical (unpaired) electrons. The Morgan fingerprint density at radius 1 is 1.30 bits per heavy atom. The molecule has 20 heavy (non-hydrogen) atoms. The average Bonchev–Trinajstić information content (AvgIpc) is 2.37. The highest BCUT2D eigenvalue weighted by Crippen LogP contribution is 2.25. The highest BCUT2D eigenvalue weighted by molar-refractivity contribution is 8.13. The quantitative estimate of drug-likeness (QED) is 0.779. The number of rotatable bonds is 2. The molecule has 1 aliphatic heterocycles. The van der Waals surface area contributed by atoms with Crippen molar-refractivity contribution in [3.8, 4) is 0 Å². The molecule has 1 saturated heterocycles. The Morgan fingerprint density at radius 2 is 2.00 bits per heavy atom. The van der Waals surface area contributed by atoms with Gasteiger partial charge in [0, 0.05) is 33.9 Å². The lowest BCUT2D eigenvalue weighted by molar-refractivity contribution is 0.0635. The van der Waals surface area contributed by atoms with E-state index in [1.807, 2.05) is 6.92 Å². The van der Waals surface area contributed by atoms with Crippen molar-refractivity contribution in [2.24, 2.45) is 0 Å². The summed E-state index contributed by atoms with van der Waals surface area (Å²) >= 11 is 5.88. The van der Waals surface area contributed by atoms with Crippen molar-refractivity contribution in [2.45, 2.75) is 37.1 Å². The van der Waals surface area contributed by atoms with Crippen molar-refractivity contribution in [2.75, 3.05) is 6.54 Å². The minimum Gasteiger partial charge on any atom is -0.336 e. The molecule has 0 bridgehead atoms. The second-order valence-electron chi connectivity index (χ2n) is 4.96. The van der Waals surface area contributed by atoms with Gasteiger partial charge < -0.3 is 4.90 Å². The Balaban J connectivity index is 2.37. The van der Waals surface area contributed by atoms with Crippen molar-refractivity contribution in [1.29, 1.82) is 0 Å². The van der Waals surface area contributed by atoms with Crippen LogP contribution in [0.15, 0.2) is 23.1 Å². The summed E-state index contributed by atoms with van der Waals surface area (Å²) in [6, 6.07) is 4.13. The van der Waals surface area contributed by atoms with E-state index in [1.165, 1.54) is 18.2 Å². The van der Waals surface area contributed by atoms with Gasteiger partial charge in [-0.3, -0.25) is 4.79 Å². The zero-order valence-electron chi connectivity index (χ0n) is 11.0. The molecule has 7 heteroatoms. The molecule has 0 spiro atoms. The zero-order chi connectivity index (χ0) is 14.9. The molecular formula is C13H15Cl2NO3S. The molecule has 1 aliphatic rings. The van der Waals surface area contributed by atoms with Gasteiger partial charge in [-0.1, -0.05) is 11.6 Å². The summed E-state index contributed by atoms with van der Waals surface area (Å²) in [5.41, 5.74) is 0.255. The van der Waals surface area contributed by atoms with E-state index in [2.05, 4.69) is 0 Å². The maximum Gasteiger partial charge on any atom is 0.261 e. The number of carbonyl (C=O) groups excluding carboxylic acids is 1. The fourth-order valence-corrected chi connectivity index (χ4v) is 3.50. The Kier molecular flexibility index (Phi) is 4.62. The van der Waals surface area contributed by atoms with Crippen LogP contribution in [0.1, 0.15) is 36.5 Å². The molecule has 1 aromatic rings. The molecule has 0 aromatic heterocycles. The van der Waals surface area contributed by atoms with Crippen molar-refractivity contribution in [3.63, 3.8) is 0 Å². The minimum atomic E-state index is -3.91. The van der Waals surface area contributed by atoms with E-state index >= 15 is 0 Å². The number of hydrogen-bond donors (Lipinski definition) is 0. The van der Waals surface area contributed by atoms with Gasteiger partial charge in [-0.15, -0.1) is 0 Å². The molecular weight excluding hydrogens is 321 g/mol. The van der Waals surface area contributed by atoms with Crippen LogP contribution in [-0.4, -0.2) is 31.8 Å². The summed E-state index contributed by atoms with van der Waals surface area (Å²) in [6.45, 7) is 2.66. The maximum absolute atomic E-state index is 12.5. The van der Waals surface area contributed by atoms with E-state index in [9.17, 15) is 13.2 Å². The summed E-state index contributed by atoms with van der Waals surface area (Å²) in [5, 5.41) is 0.180. The lowest BCUT2D eigenvalue weighted by atomic mass is 10.0. The predicted molar refractivity (Wildman–Crippen MR) is 78.8 cm³/mol. The lowest BCUT2D eigenvalue weighted by Crippen LogP contribution is -2.42. The normalized spacial score (nSPS) is 19.9. The topological polar surface area (TPSA) is 54.5 Å². The molecule has 1 unspecified atom stereocenters. The Hall–Kier alpha value is -0.780. The molecule has 0 N–H and O–H groups in total. The van der Waals surface area contributed by atoms with E-state index in [-0.39, 0.29) is 27.4 Å². The van der Waals surface area contributed by atoms with Crippen LogP contribution in [0.5, 0.6) is 0 Å². The van der Waals surface area contributed by atoms with Crippen molar-refractivity contribution < 1.29 is 13.2 Å².